The monoisotopic (exact) mass is 272 g/mol. The van der Waals surface area contributed by atoms with Crippen LogP contribution in [0, 0.1) is 0 Å². The molecule has 0 saturated carbocycles. The van der Waals surface area contributed by atoms with E-state index in [1.807, 2.05) is 0 Å². The normalized spacial score (nSPS) is 11.7. The molecule has 0 aliphatic heterocycles. The van der Waals surface area contributed by atoms with Crippen LogP contribution in [-0.4, -0.2) is 36.7 Å². The Morgan fingerprint density at radius 3 is 2.83 bits per heavy atom. The number of nitrogen functional groups attached to an aromatic ring is 1. The van der Waals surface area contributed by atoms with Gasteiger partial charge >= 0.3 is 5.97 Å². The summed E-state index contributed by atoms with van der Waals surface area (Å²) in [6.45, 7) is -0.267. The average Bonchev–Trinajstić information content (AvgIpc) is 2.37. The summed E-state index contributed by atoms with van der Waals surface area (Å²) >= 11 is 5.85. The van der Waals surface area contributed by atoms with Crippen molar-refractivity contribution in [3.05, 3.63) is 28.8 Å². The fraction of sp³-hybridized carbons (Fsp3) is 0.273. The minimum atomic E-state index is -1.42. The van der Waals surface area contributed by atoms with E-state index in [2.05, 4.69) is 10.1 Å². The SMILES string of the molecule is COC(=O)C(O)CNC(=O)c1cccc(N)c1Cl. The summed E-state index contributed by atoms with van der Waals surface area (Å²) < 4.78 is 4.31. The first kappa shape index (κ1) is 14.3. The number of ether oxygens (including phenoxy) is 1. The topological polar surface area (TPSA) is 102 Å². The van der Waals surface area contributed by atoms with Gasteiger partial charge in [-0.3, -0.25) is 4.79 Å². The van der Waals surface area contributed by atoms with Crippen LogP contribution in [0.1, 0.15) is 10.4 Å². The van der Waals surface area contributed by atoms with Crippen LogP contribution in [0.2, 0.25) is 5.02 Å². The molecule has 0 fully saturated rings. The number of amides is 1. The van der Waals surface area contributed by atoms with Gasteiger partial charge in [-0.05, 0) is 12.1 Å². The van der Waals surface area contributed by atoms with Crippen molar-refractivity contribution < 1.29 is 19.4 Å². The third kappa shape index (κ3) is 3.35. The van der Waals surface area contributed by atoms with Crippen LogP contribution < -0.4 is 11.1 Å². The molecule has 7 heteroatoms. The first-order chi connectivity index (χ1) is 8.47. The van der Waals surface area contributed by atoms with Gasteiger partial charge in [0.25, 0.3) is 5.91 Å². The largest absolute Gasteiger partial charge is 0.467 e. The number of carbonyl (C=O) groups excluding carboxylic acids is 2. The average molecular weight is 273 g/mol. The van der Waals surface area contributed by atoms with Crippen LogP contribution in [0.4, 0.5) is 5.69 Å². The van der Waals surface area contributed by atoms with Crippen molar-refractivity contribution in [2.24, 2.45) is 0 Å². The molecule has 1 rings (SSSR count). The molecule has 1 atom stereocenters. The molecule has 0 radical (unpaired) electrons. The molecule has 18 heavy (non-hydrogen) atoms. The Labute approximate surface area is 109 Å². The van der Waals surface area contributed by atoms with E-state index in [-0.39, 0.29) is 22.8 Å². The van der Waals surface area contributed by atoms with Crippen molar-refractivity contribution in [1.82, 2.24) is 5.32 Å². The third-order valence-corrected chi connectivity index (χ3v) is 2.62. The van der Waals surface area contributed by atoms with Gasteiger partial charge in [0, 0.05) is 0 Å². The number of aliphatic hydroxyl groups excluding tert-OH is 1. The van der Waals surface area contributed by atoms with Crippen molar-refractivity contribution in [2.45, 2.75) is 6.10 Å². The summed E-state index contributed by atoms with van der Waals surface area (Å²) in [4.78, 5) is 22.6. The third-order valence-electron chi connectivity index (χ3n) is 2.20. The number of esters is 1. The highest BCUT2D eigenvalue weighted by Gasteiger charge is 2.18. The van der Waals surface area contributed by atoms with Gasteiger partial charge in [-0.15, -0.1) is 0 Å². The molecule has 1 unspecified atom stereocenters. The minimum Gasteiger partial charge on any atom is -0.467 e. The Kier molecular flexibility index (Phi) is 4.94. The Bertz CT molecular complexity index is 464. The van der Waals surface area contributed by atoms with Crippen LogP contribution in [0.15, 0.2) is 18.2 Å². The van der Waals surface area contributed by atoms with Crippen LogP contribution in [0.3, 0.4) is 0 Å². The van der Waals surface area contributed by atoms with Crippen LogP contribution in [-0.2, 0) is 9.53 Å². The van der Waals surface area contributed by atoms with E-state index in [1.165, 1.54) is 6.07 Å². The van der Waals surface area contributed by atoms with Crippen molar-refractivity contribution in [1.29, 1.82) is 0 Å². The highest BCUT2D eigenvalue weighted by molar-refractivity contribution is 6.36. The van der Waals surface area contributed by atoms with Crippen LogP contribution >= 0.6 is 11.6 Å². The van der Waals surface area contributed by atoms with Crippen LogP contribution in [0.25, 0.3) is 0 Å². The van der Waals surface area contributed by atoms with E-state index in [0.717, 1.165) is 7.11 Å². The summed E-state index contributed by atoms with van der Waals surface area (Å²) in [5.74, 6) is -1.36. The molecular formula is C11H13ClN2O4. The molecule has 4 N–H and O–H groups in total. The van der Waals surface area contributed by atoms with Gasteiger partial charge in [-0.25, -0.2) is 4.79 Å². The molecule has 0 spiro atoms. The van der Waals surface area contributed by atoms with E-state index in [1.54, 1.807) is 12.1 Å². The Balaban J connectivity index is 2.66. The van der Waals surface area contributed by atoms with Gasteiger partial charge in [0.2, 0.25) is 0 Å². The van der Waals surface area contributed by atoms with E-state index < -0.39 is 18.0 Å². The smallest absolute Gasteiger partial charge is 0.336 e. The first-order valence-electron chi connectivity index (χ1n) is 5.05. The number of hydrogen-bond acceptors (Lipinski definition) is 5. The molecule has 1 aromatic carbocycles. The summed E-state index contributed by atoms with van der Waals surface area (Å²) in [5.41, 5.74) is 6.00. The maximum absolute atomic E-state index is 11.7. The summed E-state index contributed by atoms with van der Waals surface area (Å²) in [7, 11) is 1.14. The van der Waals surface area contributed by atoms with Gasteiger partial charge in [0.05, 0.1) is 29.9 Å². The van der Waals surface area contributed by atoms with E-state index >= 15 is 0 Å². The number of nitrogens with two attached hydrogens (primary N) is 1. The second-order valence-electron chi connectivity index (χ2n) is 3.46. The number of nitrogens with one attached hydrogen (secondary N) is 1. The molecule has 98 valence electrons. The van der Waals surface area contributed by atoms with Gasteiger partial charge < -0.3 is 20.9 Å². The Morgan fingerprint density at radius 2 is 2.22 bits per heavy atom. The van der Waals surface area contributed by atoms with E-state index in [0.29, 0.717) is 0 Å². The van der Waals surface area contributed by atoms with Gasteiger partial charge in [-0.1, -0.05) is 17.7 Å². The lowest BCUT2D eigenvalue weighted by atomic mass is 10.2. The summed E-state index contributed by atoms with van der Waals surface area (Å²) in [6, 6.07) is 4.62. The zero-order chi connectivity index (χ0) is 13.7. The number of carbonyl (C=O) groups is 2. The lowest BCUT2D eigenvalue weighted by Crippen LogP contribution is -2.37. The second-order valence-corrected chi connectivity index (χ2v) is 3.84. The maximum Gasteiger partial charge on any atom is 0.336 e. The molecule has 0 saturated heterocycles. The molecule has 6 nitrogen and oxygen atoms in total. The maximum atomic E-state index is 11.7. The lowest BCUT2D eigenvalue weighted by Gasteiger charge is -2.11. The zero-order valence-corrected chi connectivity index (χ0v) is 10.4. The van der Waals surface area contributed by atoms with Crippen molar-refractivity contribution in [3.63, 3.8) is 0 Å². The quantitative estimate of drug-likeness (QED) is 0.536. The Morgan fingerprint density at radius 1 is 1.56 bits per heavy atom. The molecule has 1 amide bonds. The molecule has 1 aromatic rings. The number of halogens is 1. The fourth-order valence-corrected chi connectivity index (χ4v) is 1.44. The molecular weight excluding hydrogens is 260 g/mol. The second kappa shape index (κ2) is 6.23. The highest BCUT2D eigenvalue weighted by atomic mass is 35.5. The number of benzene rings is 1. The predicted octanol–water partition coefficient (Wildman–Crippen LogP) is 0.186. The number of rotatable bonds is 4. The highest BCUT2D eigenvalue weighted by Crippen LogP contribution is 2.22. The van der Waals surface area contributed by atoms with Gasteiger partial charge in [0.15, 0.2) is 6.10 Å². The van der Waals surface area contributed by atoms with E-state index in [4.69, 9.17) is 17.3 Å². The number of methoxy groups -OCH3 is 1. The number of aliphatic hydroxyl groups is 1. The van der Waals surface area contributed by atoms with Crippen molar-refractivity contribution in [2.75, 3.05) is 19.4 Å². The predicted molar refractivity (Wildman–Crippen MR) is 66.2 cm³/mol. The molecule has 0 aliphatic rings. The summed E-state index contributed by atoms with van der Waals surface area (Å²) in [5, 5.41) is 11.8. The lowest BCUT2D eigenvalue weighted by molar-refractivity contribution is -0.149. The first-order valence-corrected chi connectivity index (χ1v) is 5.43. The molecule has 0 bridgehead atoms. The minimum absolute atomic E-state index is 0.127. The van der Waals surface area contributed by atoms with Crippen molar-refractivity contribution >= 4 is 29.2 Å². The standard InChI is InChI=1S/C11H13ClN2O4/c1-18-11(17)8(15)5-14-10(16)6-3-2-4-7(13)9(6)12/h2-4,8,15H,5,13H2,1H3,(H,14,16). The van der Waals surface area contributed by atoms with Gasteiger partial charge in [-0.2, -0.15) is 0 Å². The molecule has 0 heterocycles. The van der Waals surface area contributed by atoms with E-state index in [9.17, 15) is 14.7 Å². The number of anilines is 1. The van der Waals surface area contributed by atoms with Crippen LogP contribution in [0.5, 0.6) is 0 Å². The van der Waals surface area contributed by atoms with Crippen molar-refractivity contribution in [3.8, 4) is 0 Å². The summed E-state index contributed by atoms with van der Waals surface area (Å²) in [6.07, 6.45) is -1.42. The molecule has 0 aliphatic carbocycles. The van der Waals surface area contributed by atoms with Gasteiger partial charge in [0.1, 0.15) is 0 Å². The fourth-order valence-electron chi connectivity index (χ4n) is 1.23. The Hall–Kier alpha value is -1.79. The molecule has 0 aromatic heterocycles. The zero-order valence-electron chi connectivity index (χ0n) is 9.64. The number of hydrogen-bond donors (Lipinski definition) is 3.